The van der Waals surface area contributed by atoms with Crippen molar-refractivity contribution in [1.82, 2.24) is 14.5 Å². The number of imidazole rings is 1. The molecule has 2 aromatic rings. The van der Waals surface area contributed by atoms with Gasteiger partial charge in [0.25, 0.3) is 0 Å². The van der Waals surface area contributed by atoms with Crippen LogP contribution >= 0.6 is 0 Å². The van der Waals surface area contributed by atoms with Crippen molar-refractivity contribution in [2.75, 3.05) is 6.54 Å². The Bertz CT molecular complexity index is 660. The van der Waals surface area contributed by atoms with E-state index in [9.17, 15) is 4.79 Å². The van der Waals surface area contributed by atoms with E-state index in [1.54, 1.807) is 0 Å². The molecule has 3 rings (SSSR count). The van der Waals surface area contributed by atoms with E-state index in [4.69, 9.17) is 0 Å². The highest BCUT2D eigenvalue weighted by atomic mass is 16.2. The van der Waals surface area contributed by atoms with Gasteiger partial charge in [-0.1, -0.05) is 38.1 Å². The quantitative estimate of drug-likeness (QED) is 0.850. The van der Waals surface area contributed by atoms with Gasteiger partial charge in [-0.15, -0.1) is 0 Å². The fourth-order valence-corrected chi connectivity index (χ4v) is 3.08. The first-order chi connectivity index (χ1) is 10.6. The van der Waals surface area contributed by atoms with E-state index in [1.165, 1.54) is 11.1 Å². The normalized spacial score (nSPS) is 15.0. The molecule has 0 aliphatic carbocycles. The molecule has 1 aromatic heterocycles. The molecule has 1 fully saturated rings. The number of benzene rings is 1. The number of nitrogens with zero attached hydrogens (tertiary/aromatic N) is 3. The van der Waals surface area contributed by atoms with Gasteiger partial charge >= 0.3 is 0 Å². The lowest BCUT2D eigenvalue weighted by molar-refractivity contribution is -0.128. The average molecular weight is 297 g/mol. The molecule has 2 heterocycles. The van der Waals surface area contributed by atoms with Crippen molar-refractivity contribution < 1.29 is 4.79 Å². The summed E-state index contributed by atoms with van der Waals surface area (Å²) in [5.74, 6) is 1.79. The number of rotatable bonds is 5. The number of carbonyl (C=O) groups excluding carboxylic acids is 1. The first kappa shape index (κ1) is 14.8. The molecular weight excluding hydrogens is 274 g/mol. The third kappa shape index (κ3) is 3.06. The maximum atomic E-state index is 11.9. The summed E-state index contributed by atoms with van der Waals surface area (Å²) in [5, 5.41) is 0. The van der Waals surface area contributed by atoms with Crippen molar-refractivity contribution in [2.45, 2.75) is 45.7 Å². The molecule has 0 N–H and O–H groups in total. The van der Waals surface area contributed by atoms with E-state index >= 15 is 0 Å². The second kappa shape index (κ2) is 6.34. The standard InChI is InChI=1S/C18H23N3O/c1-14(2)18-19-9-11-21(18)13-16-7-4-3-6-15(16)12-20-10-5-8-17(20)22/h3-4,6-7,9,11,14H,5,8,10,12-13H2,1-2H3. The van der Waals surface area contributed by atoms with Gasteiger partial charge in [-0.3, -0.25) is 4.79 Å². The van der Waals surface area contributed by atoms with Gasteiger partial charge < -0.3 is 9.47 Å². The van der Waals surface area contributed by atoms with Gasteiger partial charge in [-0.2, -0.15) is 0 Å². The molecule has 0 radical (unpaired) electrons. The average Bonchev–Trinajstić information content (AvgIpc) is 3.11. The minimum absolute atomic E-state index is 0.278. The Morgan fingerprint density at radius 2 is 1.91 bits per heavy atom. The number of likely N-dealkylation sites (tertiary alicyclic amines) is 1. The molecule has 0 atom stereocenters. The van der Waals surface area contributed by atoms with Gasteiger partial charge in [0, 0.05) is 44.4 Å². The van der Waals surface area contributed by atoms with Crippen LogP contribution in [-0.2, 0) is 17.9 Å². The van der Waals surface area contributed by atoms with Crippen LogP contribution < -0.4 is 0 Å². The van der Waals surface area contributed by atoms with E-state index in [1.807, 2.05) is 17.3 Å². The molecule has 1 saturated heterocycles. The zero-order valence-electron chi connectivity index (χ0n) is 13.3. The Hall–Kier alpha value is -2.10. The van der Waals surface area contributed by atoms with E-state index in [2.05, 4.69) is 47.7 Å². The summed E-state index contributed by atoms with van der Waals surface area (Å²) in [7, 11) is 0. The first-order valence-corrected chi connectivity index (χ1v) is 8.00. The first-order valence-electron chi connectivity index (χ1n) is 8.00. The predicted molar refractivity (Wildman–Crippen MR) is 86.5 cm³/mol. The summed E-state index contributed by atoms with van der Waals surface area (Å²) in [6.45, 7) is 6.74. The Morgan fingerprint density at radius 1 is 1.18 bits per heavy atom. The summed E-state index contributed by atoms with van der Waals surface area (Å²) < 4.78 is 2.20. The molecular formula is C18H23N3O. The Labute approximate surface area is 131 Å². The van der Waals surface area contributed by atoms with E-state index in [-0.39, 0.29) is 5.91 Å². The predicted octanol–water partition coefficient (Wildman–Crippen LogP) is 3.18. The summed E-state index contributed by atoms with van der Waals surface area (Å²) in [6, 6.07) is 8.40. The Morgan fingerprint density at radius 3 is 2.55 bits per heavy atom. The van der Waals surface area contributed by atoms with Crippen molar-refractivity contribution in [3.8, 4) is 0 Å². The fraction of sp³-hybridized carbons (Fsp3) is 0.444. The van der Waals surface area contributed by atoms with Gasteiger partial charge in [0.05, 0.1) is 0 Å². The van der Waals surface area contributed by atoms with Crippen LogP contribution in [0.4, 0.5) is 0 Å². The van der Waals surface area contributed by atoms with Gasteiger partial charge in [0.15, 0.2) is 0 Å². The van der Waals surface area contributed by atoms with Gasteiger partial charge in [0.1, 0.15) is 5.82 Å². The largest absolute Gasteiger partial charge is 0.338 e. The highest BCUT2D eigenvalue weighted by Gasteiger charge is 2.21. The molecule has 1 aromatic carbocycles. The maximum absolute atomic E-state index is 11.9. The Kier molecular flexibility index (Phi) is 4.27. The number of amides is 1. The summed E-state index contributed by atoms with van der Waals surface area (Å²) in [6.07, 6.45) is 5.58. The molecule has 0 bridgehead atoms. The van der Waals surface area contributed by atoms with Crippen molar-refractivity contribution in [3.63, 3.8) is 0 Å². The SMILES string of the molecule is CC(C)c1nccn1Cc1ccccc1CN1CCCC1=O. The topological polar surface area (TPSA) is 38.1 Å². The van der Waals surface area contributed by atoms with Crippen molar-refractivity contribution >= 4 is 5.91 Å². The van der Waals surface area contributed by atoms with Crippen LogP contribution in [0, 0.1) is 0 Å². The van der Waals surface area contributed by atoms with E-state index in [0.717, 1.165) is 31.9 Å². The smallest absolute Gasteiger partial charge is 0.222 e. The fourth-order valence-electron chi connectivity index (χ4n) is 3.08. The second-order valence-corrected chi connectivity index (χ2v) is 6.26. The third-order valence-electron chi connectivity index (χ3n) is 4.26. The minimum atomic E-state index is 0.278. The molecule has 1 aliphatic heterocycles. The number of hydrogen-bond donors (Lipinski definition) is 0. The van der Waals surface area contributed by atoms with Crippen molar-refractivity contribution in [3.05, 3.63) is 53.6 Å². The van der Waals surface area contributed by atoms with Gasteiger partial charge in [0.2, 0.25) is 5.91 Å². The number of carbonyl (C=O) groups is 1. The Balaban J connectivity index is 1.82. The summed E-state index contributed by atoms with van der Waals surface area (Å²) in [4.78, 5) is 18.3. The molecule has 1 aliphatic rings. The highest BCUT2D eigenvalue weighted by Crippen LogP contribution is 2.20. The lowest BCUT2D eigenvalue weighted by atomic mass is 10.1. The van der Waals surface area contributed by atoms with Crippen LogP contribution in [0.2, 0.25) is 0 Å². The van der Waals surface area contributed by atoms with Crippen LogP contribution in [0.25, 0.3) is 0 Å². The minimum Gasteiger partial charge on any atom is -0.338 e. The lowest BCUT2D eigenvalue weighted by Crippen LogP contribution is -2.24. The van der Waals surface area contributed by atoms with E-state index in [0.29, 0.717) is 12.3 Å². The molecule has 1 amide bonds. The zero-order valence-corrected chi connectivity index (χ0v) is 13.3. The maximum Gasteiger partial charge on any atom is 0.222 e. The summed E-state index contributed by atoms with van der Waals surface area (Å²) >= 11 is 0. The molecule has 4 nitrogen and oxygen atoms in total. The number of hydrogen-bond acceptors (Lipinski definition) is 2. The lowest BCUT2D eigenvalue weighted by Gasteiger charge is -2.19. The molecule has 4 heteroatoms. The van der Waals surface area contributed by atoms with Crippen LogP contribution in [0.15, 0.2) is 36.7 Å². The molecule has 22 heavy (non-hydrogen) atoms. The van der Waals surface area contributed by atoms with Crippen LogP contribution in [0.5, 0.6) is 0 Å². The highest BCUT2D eigenvalue weighted by molar-refractivity contribution is 5.78. The molecule has 0 saturated carbocycles. The molecule has 0 spiro atoms. The second-order valence-electron chi connectivity index (χ2n) is 6.26. The van der Waals surface area contributed by atoms with Gasteiger partial charge in [-0.25, -0.2) is 4.98 Å². The summed E-state index contributed by atoms with van der Waals surface area (Å²) in [5.41, 5.74) is 2.50. The van der Waals surface area contributed by atoms with E-state index < -0.39 is 0 Å². The van der Waals surface area contributed by atoms with Crippen LogP contribution in [-0.4, -0.2) is 26.9 Å². The van der Waals surface area contributed by atoms with Crippen molar-refractivity contribution in [2.24, 2.45) is 0 Å². The molecule has 116 valence electrons. The number of aromatic nitrogens is 2. The third-order valence-corrected chi connectivity index (χ3v) is 4.26. The van der Waals surface area contributed by atoms with Gasteiger partial charge in [-0.05, 0) is 17.5 Å². The van der Waals surface area contributed by atoms with Crippen LogP contribution in [0.1, 0.15) is 49.6 Å². The molecule has 0 unspecified atom stereocenters. The van der Waals surface area contributed by atoms with Crippen LogP contribution in [0.3, 0.4) is 0 Å². The monoisotopic (exact) mass is 297 g/mol. The zero-order chi connectivity index (χ0) is 15.5. The van der Waals surface area contributed by atoms with Crippen molar-refractivity contribution in [1.29, 1.82) is 0 Å².